The molecule has 0 aliphatic heterocycles. The van der Waals surface area contributed by atoms with Gasteiger partial charge in [-0.15, -0.1) is 0 Å². The van der Waals surface area contributed by atoms with E-state index in [9.17, 15) is 18.0 Å². The molecule has 3 rings (SSSR count). The molecule has 0 radical (unpaired) electrons. The van der Waals surface area contributed by atoms with Crippen LogP contribution in [0.4, 0.5) is 5.69 Å². The van der Waals surface area contributed by atoms with Gasteiger partial charge in [-0.3, -0.25) is 13.9 Å². The van der Waals surface area contributed by atoms with Crippen molar-refractivity contribution in [2.75, 3.05) is 23.9 Å². The van der Waals surface area contributed by atoms with E-state index < -0.39 is 28.5 Å². The van der Waals surface area contributed by atoms with E-state index in [0.29, 0.717) is 18.7 Å². The number of hydrogen-bond acceptors (Lipinski definition) is 4. The Balaban J connectivity index is 1.91. The van der Waals surface area contributed by atoms with Gasteiger partial charge in [0.05, 0.1) is 10.6 Å². The van der Waals surface area contributed by atoms with Gasteiger partial charge in [0.25, 0.3) is 10.0 Å². The van der Waals surface area contributed by atoms with Gasteiger partial charge in [-0.25, -0.2) is 8.42 Å². The average molecular weight is 522 g/mol. The molecule has 8 heteroatoms. The summed E-state index contributed by atoms with van der Waals surface area (Å²) in [6.07, 6.45) is 0.533. The zero-order chi connectivity index (χ0) is 26.8. The number of nitrogens with one attached hydrogen (secondary N) is 1. The van der Waals surface area contributed by atoms with Crippen molar-refractivity contribution in [1.82, 2.24) is 10.2 Å². The molecule has 0 aliphatic rings. The zero-order valence-electron chi connectivity index (χ0n) is 21.6. The predicted molar refractivity (Wildman–Crippen MR) is 147 cm³/mol. The van der Waals surface area contributed by atoms with Crippen LogP contribution in [0.1, 0.15) is 26.3 Å². The summed E-state index contributed by atoms with van der Waals surface area (Å²) in [5.41, 5.74) is 1.39. The fourth-order valence-corrected chi connectivity index (χ4v) is 5.30. The summed E-state index contributed by atoms with van der Waals surface area (Å²) >= 11 is 0. The van der Waals surface area contributed by atoms with Crippen molar-refractivity contribution in [3.63, 3.8) is 0 Å². The summed E-state index contributed by atoms with van der Waals surface area (Å²) in [4.78, 5) is 28.3. The Morgan fingerprint density at radius 2 is 1.35 bits per heavy atom. The first-order chi connectivity index (χ1) is 17.7. The smallest absolute Gasteiger partial charge is 0.264 e. The van der Waals surface area contributed by atoms with E-state index in [-0.39, 0.29) is 23.3 Å². The molecule has 1 N–H and O–H groups in total. The molecule has 0 bridgehead atoms. The van der Waals surface area contributed by atoms with E-state index in [1.807, 2.05) is 44.2 Å². The fourth-order valence-electron chi connectivity index (χ4n) is 3.87. The van der Waals surface area contributed by atoms with Crippen molar-refractivity contribution in [3.05, 3.63) is 96.6 Å². The van der Waals surface area contributed by atoms with E-state index in [2.05, 4.69) is 5.32 Å². The lowest BCUT2D eigenvalue weighted by Gasteiger charge is -2.32. The van der Waals surface area contributed by atoms with E-state index in [0.717, 1.165) is 9.87 Å². The molecule has 1 atom stereocenters. The SMILES string of the molecule is CC(C)CNC(=O)C(C)N(CCc1ccccc1)C(=O)CN(c1ccccc1)S(=O)(=O)c1ccccc1. The van der Waals surface area contributed by atoms with Crippen LogP contribution in [0.25, 0.3) is 0 Å². The number of nitrogens with zero attached hydrogens (tertiary/aromatic N) is 2. The minimum Gasteiger partial charge on any atom is -0.354 e. The number of carbonyl (C=O) groups is 2. The minimum absolute atomic E-state index is 0.0882. The minimum atomic E-state index is -4.03. The molecule has 0 saturated carbocycles. The molecular formula is C29H35N3O4S. The number of sulfonamides is 1. The van der Waals surface area contributed by atoms with Gasteiger partial charge in [-0.2, -0.15) is 0 Å². The summed E-state index contributed by atoms with van der Waals surface area (Å²) in [5, 5.41) is 2.89. The maximum Gasteiger partial charge on any atom is 0.264 e. The van der Waals surface area contributed by atoms with Crippen LogP contribution in [-0.2, 0) is 26.0 Å². The number of hydrogen-bond donors (Lipinski definition) is 1. The highest BCUT2D eigenvalue weighted by molar-refractivity contribution is 7.92. The third-order valence-electron chi connectivity index (χ3n) is 5.99. The van der Waals surface area contributed by atoms with Gasteiger partial charge < -0.3 is 10.2 Å². The molecule has 0 aliphatic carbocycles. The first-order valence-corrected chi connectivity index (χ1v) is 13.9. The van der Waals surface area contributed by atoms with E-state index >= 15 is 0 Å². The Morgan fingerprint density at radius 1 is 0.811 bits per heavy atom. The van der Waals surface area contributed by atoms with Crippen LogP contribution in [0.15, 0.2) is 95.9 Å². The molecule has 0 saturated heterocycles. The molecule has 2 amide bonds. The van der Waals surface area contributed by atoms with Crippen molar-refractivity contribution >= 4 is 27.5 Å². The Morgan fingerprint density at radius 3 is 1.92 bits per heavy atom. The lowest BCUT2D eigenvalue weighted by atomic mass is 10.1. The topological polar surface area (TPSA) is 86.8 Å². The van der Waals surface area contributed by atoms with Crippen LogP contribution in [0, 0.1) is 5.92 Å². The highest BCUT2D eigenvalue weighted by Crippen LogP contribution is 2.24. The number of amides is 2. The van der Waals surface area contributed by atoms with Gasteiger partial charge in [0.1, 0.15) is 12.6 Å². The summed E-state index contributed by atoms with van der Waals surface area (Å²) in [5.74, 6) is -0.465. The molecule has 0 heterocycles. The van der Waals surface area contributed by atoms with Gasteiger partial charge in [-0.05, 0) is 49.1 Å². The van der Waals surface area contributed by atoms with E-state index in [4.69, 9.17) is 0 Å². The summed E-state index contributed by atoms with van der Waals surface area (Å²) in [6.45, 7) is 6.00. The van der Waals surface area contributed by atoms with Crippen LogP contribution >= 0.6 is 0 Å². The number of anilines is 1. The third-order valence-corrected chi connectivity index (χ3v) is 7.78. The van der Waals surface area contributed by atoms with Crippen LogP contribution in [-0.4, -0.2) is 50.8 Å². The van der Waals surface area contributed by atoms with Crippen LogP contribution in [0.3, 0.4) is 0 Å². The second kappa shape index (κ2) is 13.1. The monoisotopic (exact) mass is 521 g/mol. The molecule has 7 nitrogen and oxygen atoms in total. The highest BCUT2D eigenvalue weighted by atomic mass is 32.2. The van der Waals surface area contributed by atoms with Crippen LogP contribution < -0.4 is 9.62 Å². The van der Waals surface area contributed by atoms with Gasteiger partial charge in [0.15, 0.2) is 0 Å². The Bertz CT molecular complexity index is 1250. The number of benzene rings is 3. The molecule has 1 unspecified atom stereocenters. The zero-order valence-corrected chi connectivity index (χ0v) is 22.4. The van der Waals surface area contributed by atoms with E-state index in [1.54, 1.807) is 55.5 Å². The maximum atomic E-state index is 13.8. The van der Waals surface area contributed by atoms with Gasteiger partial charge in [-0.1, -0.05) is 80.6 Å². The molecule has 196 valence electrons. The second-order valence-electron chi connectivity index (χ2n) is 9.30. The molecule has 37 heavy (non-hydrogen) atoms. The summed E-state index contributed by atoms with van der Waals surface area (Å²) in [7, 11) is -4.03. The molecule has 0 spiro atoms. The lowest BCUT2D eigenvalue weighted by molar-refractivity contribution is -0.138. The van der Waals surface area contributed by atoms with Gasteiger partial charge in [0.2, 0.25) is 11.8 Å². The van der Waals surface area contributed by atoms with Gasteiger partial charge in [0, 0.05) is 13.1 Å². The molecular weight excluding hydrogens is 486 g/mol. The van der Waals surface area contributed by atoms with Crippen molar-refractivity contribution in [2.45, 2.75) is 38.1 Å². The molecule has 0 aromatic heterocycles. The summed E-state index contributed by atoms with van der Waals surface area (Å²) < 4.78 is 28.4. The lowest BCUT2D eigenvalue weighted by Crippen LogP contribution is -2.52. The number of rotatable bonds is 12. The molecule has 3 aromatic rings. The third kappa shape index (κ3) is 7.67. The van der Waals surface area contributed by atoms with Crippen molar-refractivity contribution in [3.8, 4) is 0 Å². The standard InChI is InChI=1S/C29H35N3O4S/c1-23(2)21-30-29(34)24(3)31(20-19-25-13-7-4-8-14-25)28(33)22-32(26-15-9-5-10-16-26)37(35,36)27-17-11-6-12-18-27/h4-18,23-24H,19-22H2,1-3H3,(H,30,34). The fraction of sp³-hybridized carbons (Fsp3) is 0.310. The number of para-hydroxylation sites is 1. The Kier molecular flexibility index (Phi) is 9.85. The van der Waals surface area contributed by atoms with Crippen molar-refractivity contribution < 1.29 is 18.0 Å². The highest BCUT2D eigenvalue weighted by Gasteiger charge is 2.32. The maximum absolute atomic E-state index is 13.8. The van der Waals surface area contributed by atoms with Crippen LogP contribution in [0.5, 0.6) is 0 Å². The Hall–Kier alpha value is -3.65. The normalized spacial score (nSPS) is 12.1. The first kappa shape index (κ1) is 27.9. The molecule has 3 aromatic carbocycles. The average Bonchev–Trinajstić information content (AvgIpc) is 2.91. The van der Waals surface area contributed by atoms with E-state index in [1.165, 1.54) is 17.0 Å². The first-order valence-electron chi connectivity index (χ1n) is 12.4. The second-order valence-corrected chi connectivity index (χ2v) is 11.2. The van der Waals surface area contributed by atoms with Crippen molar-refractivity contribution in [2.24, 2.45) is 5.92 Å². The summed E-state index contributed by atoms with van der Waals surface area (Å²) in [6, 6.07) is 25.5. The van der Waals surface area contributed by atoms with Crippen LogP contribution in [0.2, 0.25) is 0 Å². The Labute approximate surface area is 220 Å². The predicted octanol–water partition coefficient (Wildman–Crippen LogP) is 4.11. The molecule has 0 fully saturated rings. The largest absolute Gasteiger partial charge is 0.354 e. The number of carbonyl (C=O) groups excluding carboxylic acids is 2. The van der Waals surface area contributed by atoms with Gasteiger partial charge >= 0.3 is 0 Å². The van der Waals surface area contributed by atoms with Crippen molar-refractivity contribution in [1.29, 1.82) is 0 Å². The quantitative estimate of drug-likeness (QED) is 0.389.